The van der Waals surface area contributed by atoms with Crippen LogP contribution in [0.25, 0.3) is 10.9 Å². The van der Waals surface area contributed by atoms with Crippen LogP contribution in [0, 0.1) is 13.8 Å². The summed E-state index contributed by atoms with van der Waals surface area (Å²) in [7, 11) is 1.29. The minimum atomic E-state index is -0.594. The van der Waals surface area contributed by atoms with E-state index in [1.807, 2.05) is 0 Å². The fourth-order valence-corrected chi connectivity index (χ4v) is 4.67. The van der Waals surface area contributed by atoms with Gasteiger partial charge in [-0.2, -0.15) is 0 Å². The number of rotatable bonds is 8. The van der Waals surface area contributed by atoms with Crippen molar-refractivity contribution in [2.75, 3.05) is 7.11 Å². The molecule has 0 saturated carbocycles. The van der Waals surface area contributed by atoms with E-state index in [0.717, 1.165) is 11.8 Å². The largest absolute Gasteiger partial charge is 0.469 e. The monoisotopic (exact) mass is 455 g/mol. The number of nitrogens with zero attached hydrogens (tertiary/aromatic N) is 2. The second-order valence-electron chi connectivity index (χ2n) is 7.50. The van der Waals surface area contributed by atoms with E-state index in [4.69, 9.17) is 4.74 Å². The van der Waals surface area contributed by atoms with E-state index in [0.29, 0.717) is 38.6 Å². The quantitative estimate of drug-likeness (QED) is 0.240. The van der Waals surface area contributed by atoms with E-state index in [2.05, 4.69) is 9.97 Å². The van der Waals surface area contributed by atoms with E-state index in [-0.39, 0.29) is 30.1 Å². The van der Waals surface area contributed by atoms with Crippen molar-refractivity contribution in [2.24, 2.45) is 0 Å². The molecule has 32 heavy (non-hydrogen) atoms. The third-order valence-electron chi connectivity index (χ3n) is 5.28. The van der Waals surface area contributed by atoms with E-state index in [9.17, 15) is 19.2 Å². The molecule has 1 aromatic carbocycles. The first-order chi connectivity index (χ1) is 15.1. The van der Waals surface area contributed by atoms with Crippen LogP contribution in [0.2, 0.25) is 0 Å². The molecular formula is C23H25N3O5S. The van der Waals surface area contributed by atoms with Crippen molar-refractivity contribution in [3.05, 3.63) is 57.1 Å². The number of H-pyrrole nitrogens is 1. The number of methoxy groups -OCH3 is 1. The zero-order valence-corrected chi connectivity index (χ0v) is 19.5. The smallest absolute Gasteiger partial charge is 0.307 e. The molecule has 8 nitrogen and oxygen atoms in total. The van der Waals surface area contributed by atoms with Crippen molar-refractivity contribution >= 4 is 40.2 Å². The number of Topliss-reactive ketones (excluding diaryl/α,β-unsaturated/α-hetero) is 2. The number of ketones is 2. The number of thioether (sulfide) groups is 1. The predicted octanol–water partition coefficient (Wildman–Crippen LogP) is 3.47. The van der Waals surface area contributed by atoms with Gasteiger partial charge in [-0.25, -0.2) is 4.98 Å². The van der Waals surface area contributed by atoms with E-state index in [1.165, 1.54) is 18.6 Å². The van der Waals surface area contributed by atoms with Gasteiger partial charge < -0.3 is 9.72 Å². The molecule has 1 N–H and O–H groups in total. The highest BCUT2D eigenvalue weighted by atomic mass is 32.2. The van der Waals surface area contributed by atoms with Gasteiger partial charge in [0.05, 0.1) is 35.4 Å². The number of carbonyl (C=O) groups is 3. The Labute approximate surface area is 189 Å². The van der Waals surface area contributed by atoms with Gasteiger partial charge in [0.15, 0.2) is 16.7 Å². The lowest BCUT2D eigenvalue weighted by atomic mass is 10.0. The lowest BCUT2D eigenvalue weighted by Crippen LogP contribution is -2.26. The summed E-state index contributed by atoms with van der Waals surface area (Å²) in [5.41, 5.74) is 2.38. The average molecular weight is 456 g/mol. The molecule has 0 amide bonds. The number of aromatic nitrogens is 3. The number of aromatic amines is 1. The number of ether oxygens (including phenoxy) is 1. The second-order valence-corrected chi connectivity index (χ2v) is 8.81. The molecule has 9 heteroatoms. The third kappa shape index (κ3) is 4.52. The standard InChI is InChI=1S/C23H25N3O5S/c1-12-19(14(3)27)13(2)24-20(12)21(29)15(4)32-23-25-17-9-7-6-8-16(17)22(30)26(23)11-10-18(28)31-5/h6-9,15,24H,10-11H2,1-5H3. The number of hydrogen-bond acceptors (Lipinski definition) is 7. The van der Waals surface area contributed by atoms with Crippen LogP contribution in [0.5, 0.6) is 0 Å². The normalized spacial score (nSPS) is 12.0. The Kier molecular flexibility index (Phi) is 6.98. The van der Waals surface area contributed by atoms with Crippen LogP contribution in [0.3, 0.4) is 0 Å². The maximum atomic E-state index is 13.2. The van der Waals surface area contributed by atoms with E-state index in [1.54, 1.807) is 45.0 Å². The first-order valence-corrected chi connectivity index (χ1v) is 11.0. The topological polar surface area (TPSA) is 111 Å². The molecule has 1 unspecified atom stereocenters. The highest BCUT2D eigenvalue weighted by Crippen LogP contribution is 2.27. The zero-order valence-electron chi connectivity index (χ0n) is 18.6. The first kappa shape index (κ1) is 23.5. The summed E-state index contributed by atoms with van der Waals surface area (Å²) in [6.45, 7) is 6.78. The molecule has 2 aromatic heterocycles. The van der Waals surface area contributed by atoms with Gasteiger partial charge in [0.2, 0.25) is 0 Å². The summed E-state index contributed by atoms with van der Waals surface area (Å²) in [5, 5.41) is 0.179. The second kappa shape index (κ2) is 9.52. The maximum Gasteiger partial charge on any atom is 0.307 e. The van der Waals surface area contributed by atoms with Crippen molar-refractivity contribution in [1.82, 2.24) is 14.5 Å². The summed E-state index contributed by atoms with van der Waals surface area (Å²) in [4.78, 5) is 57.5. The molecule has 1 atom stereocenters. The Morgan fingerprint density at radius 3 is 2.53 bits per heavy atom. The van der Waals surface area contributed by atoms with Gasteiger partial charge in [-0.3, -0.25) is 23.7 Å². The lowest BCUT2D eigenvalue weighted by Gasteiger charge is -2.15. The van der Waals surface area contributed by atoms with E-state index < -0.39 is 11.2 Å². The average Bonchev–Trinajstić information content (AvgIpc) is 3.06. The van der Waals surface area contributed by atoms with Gasteiger partial charge >= 0.3 is 5.97 Å². The lowest BCUT2D eigenvalue weighted by molar-refractivity contribution is -0.140. The van der Waals surface area contributed by atoms with Crippen LogP contribution >= 0.6 is 11.8 Å². The van der Waals surface area contributed by atoms with Crippen LogP contribution < -0.4 is 5.56 Å². The molecule has 0 radical (unpaired) electrons. The minimum absolute atomic E-state index is 0.00319. The summed E-state index contributed by atoms with van der Waals surface area (Å²) in [6, 6.07) is 6.94. The number of fused-ring (bicyclic) bond motifs is 1. The van der Waals surface area contributed by atoms with Gasteiger partial charge in [-0.15, -0.1) is 0 Å². The van der Waals surface area contributed by atoms with Crippen molar-refractivity contribution in [3.63, 3.8) is 0 Å². The SMILES string of the molecule is COC(=O)CCn1c(SC(C)C(=O)c2[nH]c(C)c(C(C)=O)c2C)nc2ccccc2c1=O. The number of para-hydroxylation sites is 1. The summed E-state index contributed by atoms with van der Waals surface area (Å²) >= 11 is 1.14. The Hall–Kier alpha value is -3.20. The van der Waals surface area contributed by atoms with Gasteiger partial charge in [-0.1, -0.05) is 23.9 Å². The molecule has 0 spiro atoms. The molecule has 0 aliphatic rings. The molecule has 3 rings (SSSR count). The van der Waals surface area contributed by atoms with Gasteiger partial charge in [0.1, 0.15) is 0 Å². The molecule has 2 heterocycles. The molecular weight excluding hydrogens is 430 g/mol. The molecule has 168 valence electrons. The van der Waals surface area contributed by atoms with Crippen LogP contribution in [0.4, 0.5) is 0 Å². The third-order valence-corrected chi connectivity index (χ3v) is 6.37. The number of nitrogens with one attached hydrogen (secondary N) is 1. The van der Waals surface area contributed by atoms with Crippen molar-refractivity contribution in [2.45, 2.75) is 51.1 Å². The van der Waals surface area contributed by atoms with Gasteiger partial charge in [0.25, 0.3) is 5.56 Å². The fourth-order valence-electron chi connectivity index (χ4n) is 3.68. The summed E-state index contributed by atoms with van der Waals surface area (Å²) < 4.78 is 6.10. The Morgan fingerprint density at radius 1 is 1.22 bits per heavy atom. The summed E-state index contributed by atoms with van der Waals surface area (Å²) in [6.07, 6.45) is 0.00319. The predicted molar refractivity (Wildman–Crippen MR) is 123 cm³/mol. The Balaban J connectivity index is 1.99. The molecule has 0 fully saturated rings. The van der Waals surface area contributed by atoms with Crippen LogP contribution in [-0.2, 0) is 16.1 Å². The molecule has 0 aliphatic carbocycles. The zero-order chi connectivity index (χ0) is 23.6. The van der Waals surface area contributed by atoms with Gasteiger partial charge in [0, 0.05) is 17.8 Å². The highest BCUT2D eigenvalue weighted by Gasteiger charge is 2.26. The number of esters is 1. The van der Waals surface area contributed by atoms with Crippen molar-refractivity contribution in [3.8, 4) is 0 Å². The summed E-state index contributed by atoms with van der Waals surface area (Å²) in [5.74, 6) is -0.757. The first-order valence-electron chi connectivity index (χ1n) is 10.1. The number of aryl methyl sites for hydroxylation is 1. The van der Waals surface area contributed by atoms with Crippen molar-refractivity contribution < 1.29 is 19.1 Å². The maximum absolute atomic E-state index is 13.2. The fraction of sp³-hybridized carbons (Fsp3) is 0.348. The number of hydrogen-bond donors (Lipinski definition) is 1. The van der Waals surface area contributed by atoms with Crippen LogP contribution in [0.1, 0.15) is 52.4 Å². The number of benzene rings is 1. The van der Waals surface area contributed by atoms with Crippen molar-refractivity contribution in [1.29, 1.82) is 0 Å². The van der Waals surface area contributed by atoms with Gasteiger partial charge in [-0.05, 0) is 45.4 Å². The van der Waals surface area contributed by atoms with E-state index >= 15 is 0 Å². The van der Waals surface area contributed by atoms with Crippen LogP contribution in [-0.4, -0.2) is 44.4 Å². The van der Waals surface area contributed by atoms with Crippen LogP contribution in [0.15, 0.2) is 34.2 Å². The Morgan fingerprint density at radius 2 is 1.91 bits per heavy atom. The highest BCUT2D eigenvalue weighted by molar-refractivity contribution is 8.00. The Bertz CT molecular complexity index is 1270. The molecule has 0 bridgehead atoms. The molecule has 0 saturated heterocycles. The number of carbonyl (C=O) groups excluding carboxylic acids is 3. The molecule has 3 aromatic rings. The molecule has 0 aliphatic heterocycles. The minimum Gasteiger partial charge on any atom is -0.469 e.